The molecule has 3 atom stereocenters. The Morgan fingerprint density at radius 2 is 1.71 bits per heavy atom. The van der Waals surface area contributed by atoms with Crippen LogP contribution in [0.4, 0.5) is 0 Å². The highest BCUT2D eigenvalue weighted by molar-refractivity contribution is 5.31. The van der Waals surface area contributed by atoms with E-state index in [-0.39, 0.29) is 0 Å². The van der Waals surface area contributed by atoms with E-state index < -0.39 is 0 Å². The van der Waals surface area contributed by atoms with E-state index >= 15 is 0 Å². The van der Waals surface area contributed by atoms with Gasteiger partial charge >= 0.3 is 0 Å². The predicted octanol–water partition coefficient (Wildman–Crippen LogP) is 3.06. The van der Waals surface area contributed by atoms with Gasteiger partial charge < -0.3 is 10.1 Å². The molecule has 0 radical (unpaired) electrons. The molecule has 1 aromatic carbocycles. The fourth-order valence-electron chi connectivity index (χ4n) is 3.44. The molecular formula is C18H30N2O. The normalized spacial score (nSPS) is 25.0. The molecule has 0 amide bonds. The van der Waals surface area contributed by atoms with Gasteiger partial charge in [0.1, 0.15) is 0 Å². The third kappa shape index (κ3) is 4.80. The molecule has 2 rings (SSSR count). The van der Waals surface area contributed by atoms with Gasteiger partial charge in [-0.05, 0) is 39.8 Å². The van der Waals surface area contributed by atoms with Crippen molar-refractivity contribution in [2.45, 2.75) is 52.9 Å². The average molecular weight is 290 g/mol. The second kappa shape index (κ2) is 7.39. The van der Waals surface area contributed by atoms with Crippen LogP contribution in [0.15, 0.2) is 18.2 Å². The lowest BCUT2D eigenvalue weighted by Gasteiger charge is -2.37. The van der Waals surface area contributed by atoms with E-state index in [1.165, 1.54) is 16.7 Å². The minimum absolute atomic E-state index is 0.329. The maximum Gasteiger partial charge on any atom is 0.0678 e. The number of nitrogens with zero attached hydrogens (tertiary/aromatic N) is 1. The molecule has 0 bridgehead atoms. The summed E-state index contributed by atoms with van der Waals surface area (Å²) in [6.45, 7) is 15.0. The molecule has 1 saturated heterocycles. The van der Waals surface area contributed by atoms with Gasteiger partial charge in [-0.3, -0.25) is 4.90 Å². The molecule has 0 aromatic heterocycles. The molecule has 3 unspecified atom stereocenters. The molecule has 1 heterocycles. The third-order valence-electron chi connectivity index (χ3n) is 4.03. The molecule has 118 valence electrons. The van der Waals surface area contributed by atoms with Crippen molar-refractivity contribution >= 4 is 0 Å². The Labute approximate surface area is 129 Å². The smallest absolute Gasteiger partial charge is 0.0678 e. The number of rotatable bonds is 5. The number of nitrogens with one attached hydrogen (secondary N) is 1. The Bertz CT molecular complexity index is 430. The predicted molar refractivity (Wildman–Crippen MR) is 88.8 cm³/mol. The Morgan fingerprint density at radius 1 is 1.14 bits per heavy atom. The summed E-state index contributed by atoms with van der Waals surface area (Å²) in [5, 5.41) is 3.65. The number of benzene rings is 1. The Hall–Kier alpha value is -0.900. The Kier molecular flexibility index (Phi) is 5.80. The summed E-state index contributed by atoms with van der Waals surface area (Å²) in [5.74, 6) is 0. The van der Waals surface area contributed by atoms with Crippen LogP contribution in [0.5, 0.6) is 0 Å². The summed E-state index contributed by atoms with van der Waals surface area (Å²) in [4.78, 5) is 2.53. The van der Waals surface area contributed by atoms with Gasteiger partial charge in [0.25, 0.3) is 0 Å². The zero-order valence-corrected chi connectivity index (χ0v) is 14.1. The third-order valence-corrected chi connectivity index (χ3v) is 4.03. The molecule has 0 aliphatic carbocycles. The molecular weight excluding hydrogens is 260 g/mol. The van der Waals surface area contributed by atoms with E-state index in [1.54, 1.807) is 0 Å². The van der Waals surface area contributed by atoms with Crippen LogP contribution < -0.4 is 5.32 Å². The lowest BCUT2D eigenvalue weighted by Crippen LogP contribution is -2.48. The summed E-state index contributed by atoms with van der Waals surface area (Å²) in [6, 6.07) is 7.26. The second-order valence-corrected chi connectivity index (χ2v) is 6.51. The molecule has 21 heavy (non-hydrogen) atoms. The van der Waals surface area contributed by atoms with Crippen LogP contribution in [-0.2, 0) is 4.74 Å². The number of aryl methyl sites for hydroxylation is 2. The van der Waals surface area contributed by atoms with Crippen molar-refractivity contribution in [3.8, 4) is 0 Å². The molecule has 1 aliphatic heterocycles. The zero-order chi connectivity index (χ0) is 15.4. The summed E-state index contributed by atoms with van der Waals surface area (Å²) >= 11 is 0. The van der Waals surface area contributed by atoms with Gasteiger partial charge in [0.2, 0.25) is 0 Å². The highest BCUT2D eigenvalue weighted by atomic mass is 16.5. The van der Waals surface area contributed by atoms with E-state index in [4.69, 9.17) is 4.74 Å². The molecule has 3 nitrogen and oxygen atoms in total. The summed E-state index contributed by atoms with van der Waals surface area (Å²) in [6.07, 6.45) is 0.658. The first-order valence-corrected chi connectivity index (χ1v) is 8.17. The minimum atomic E-state index is 0.329. The SMILES string of the molecule is CCNC(CN1CC(C)OC(C)C1)c1cc(C)cc(C)c1. The van der Waals surface area contributed by atoms with Crippen LogP contribution in [0.1, 0.15) is 43.5 Å². The van der Waals surface area contributed by atoms with Crippen LogP contribution in [-0.4, -0.2) is 43.3 Å². The van der Waals surface area contributed by atoms with E-state index in [1.807, 2.05) is 0 Å². The number of morpholine rings is 1. The van der Waals surface area contributed by atoms with Gasteiger partial charge in [-0.15, -0.1) is 0 Å². The molecule has 1 N–H and O–H groups in total. The summed E-state index contributed by atoms with van der Waals surface area (Å²) < 4.78 is 5.84. The van der Waals surface area contributed by atoms with Gasteiger partial charge in [-0.2, -0.15) is 0 Å². The average Bonchev–Trinajstić information content (AvgIpc) is 2.35. The van der Waals surface area contributed by atoms with Crippen LogP contribution in [0, 0.1) is 13.8 Å². The molecule has 1 fully saturated rings. The molecule has 1 aromatic rings. The number of likely N-dealkylation sites (N-methyl/N-ethyl adjacent to an activating group) is 1. The molecule has 0 saturated carbocycles. The van der Waals surface area contributed by atoms with Crippen molar-refractivity contribution in [2.75, 3.05) is 26.2 Å². The summed E-state index contributed by atoms with van der Waals surface area (Å²) in [7, 11) is 0. The highest BCUT2D eigenvalue weighted by Crippen LogP contribution is 2.20. The van der Waals surface area contributed by atoms with E-state index in [0.29, 0.717) is 18.2 Å². The van der Waals surface area contributed by atoms with Gasteiger partial charge in [-0.25, -0.2) is 0 Å². The maximum absolute atomic E-state index is 5.84. The maximum atomic E-state index is 5.84. The van der Waals surface area contributed by atoms with Crippen molar-refractivity contribution < 1.29 is 4.74 Å². The van der Waals surface area contributed by atoms with Crippen molar-refractivity contribution in [1.29, 1.82) is 0 Å². The first kappa shape index (κ1) is 16.5. The molecule has 3 heteroatoms. The van der Waals surface area contributed by atoms with Crippen molar-refractivity contribution in [2.24, 2.45) is 0 Å². The largest absolute Gasteiger partial charge is 0.373 e. The monoisotopic (exact) mass is 290 g/mol. The van der Waals surface area contributed by atoms with E-state index in [9.17, 15) is 0 Å². The lowest BCUT2D eigenvalue weighted by atomic mass is 10.0. The van der Waals surface area contributed by atoms with E-state index in [2.05, 4.69) is 63.0 Å². The number of hydrogen-bond donors (Lipinski definition) is 1. The zero-order valence-electron chi connectivity index (χ0n) is 14.1. The minimum Gasteiger partial charge on any atom is -0.373 e. The molecule has 1 aliphatic rings. The number of hydrogen-bond acceptors (Lipinski definition) is 3. The van der Waals surface area contributed by atoms with Gasteiger partial charge in [0.15, 0.2) is 0 Å². The van der Waals surface area contributed by atoms with Gasteiger partial charge in [0.05, 0.1) is 12.2 Å². The molecule has 0 spiro atoms. The van der Waals surface area contributed by atoms with Crippen LogP contribution in [0.3, 0.4) is 0 Å². The standard InChI is InChI=1S/C18H30N2O/c1-6-19-18(17-8-13(2)7-14(3)9-17)12-20-10-15(4)21-16(5)11-20/h7-9,15-16,18-19H,6,10-12H2,1-5H3. The van der Waals surface area contributed by atoms with Crippen molar-refractivity contribution in [1.82, 2.24) is 10.2 Å². The number of ether oxygens (including phenoxy) is 1. The van der Waals surface area contributed by atoms with Gasteiger partial charge in [-0.1, -0.05) is 36.2 Å². The fourth-order valence-corrected chi connectivity index (χ4v) is 3.44. The first-order valence-electron chi connectivity index (χ1n) is 8.17. The van der Waals surface area contributed by atoms with Crippen LogP contribution >= 0.6 is 0 Å². The van der Waals surface area contributed by atoms with Crippen LogP contribution in [0.25, 0.3) is 0 Å². The highest BCUT2D eigenvalue weighted by Gasteiger charge is 2.24. The van der Waals surface area contributed by atoms with Crippen molar-refractivity contribution in [3.05, 3.63) is 34.9 Å². The Balaban J connectivity index is 2.11. The summed E-state index contributed by atoms with van der Waals surface area (Å²) in [5.41, 5.74) is 4.09. The second-order valence-electron chi connectivity index (χ2n) is 6.51. The van der Waals surface area contributed by atoms with Crippen molar-refractivity contribution in [3.63, 3.8) is 0 Å². The quantitative estimate of drug-likeness (QED) is 0.902. The first-order chi connectivity index (χ1) is 9.97. The van der Waals surface area contributed by atoms with E-state index in [0.717, 1.165) is 26.2 Å². The fraction of sp³-hybridized carbons (Fsp3) is 0.667. The topological polar surface area (TPSA) is 24.5 Å². The van der Waals surface area contributed by atoms with Gasteiger partial charge in [0, 0.05) is 25.7 Å². The lowest BCUT2D eigenvalue weighted by molar-refractivity contribution is -0.0699. The van der Waals surface area contributed by atoms with Crippen LogP contribution in [0.2, 0.25) is 0 Å². The Morgan fingerprint density at radius 3 is 2.24 bits per heavy atom.